The van der Waals surface area contributed by atoms with Crippen LogP contribution >= 0.6 is 11.6 Å². The average Bonchev–Trinajstić information content (AvgIpc) is 2.49. The highest BCUT2D eigenvalue weighted by molar-refractivity contribution is 6.30. The van der Waals surface area contributed by atoms with Gasteiger partial charge in [0.1, 0.15) is 0 Å². The molecule has 0 spiro atoms. The second kappa shape index (κ2) is 6.39. The minimum atomic E-state index is 0.573. The van der Waals surface area contributed by atoms with Crippen molar-refractivity contribution in [2.45, 2.75) is 20.8 Å². The van der Waals surface area contributed by atoms with Gasteiger partial charge in [0, 0.05) is 22.5 Å². The third kappa shape index (κ3) is 3.51. The predicted octanol–water partition coefficient (Wildman–Crippen LogP) is 5.47. The van der Waals surface area contributed by atoms with Crippen molar-refractivity contribution in [2.24, 2.45) is 0 Å². The summed E-state index contributed by atoms with van der Waals surface area (Å²) in [6.45, 7) is 6.34. The summed E-state index contributed by atoms with van der Waals surface area (Å²) in [4.78, 5) is 8.96. The van der Waals surface area contributed by atoms with Gasteiger partial charge in [-0.05, 0) is 62.2 Å². The van der Waals surface area contributed by atoms with Crippen molar-refractivity contribution < 1.29 is 0 Å². The monoisotopic (exact) mass is 323 g/mol. The maximum Gasteiger partial charge on any atom is 0.227 e. The van der Waals surface area contributed by atoms with Crippen LogP contribution in [-0.4, -0.2) is 9.97 Å². The van der Waals surface area contributed by atoms with E-state index in [0.29, 0.717) is 11.0 Å². The van der Waals surface area contributed by atoms with Crippen LogP contribution in [0.3, 0.4) is 0 Å². The third-order valence-electron chi connectivity index (χ3n) is 3.69. The van der Waals surface area contributed by atoms with E-state index < -0.39 is 0 Å². The van der Waals surface area contributed by atoms with Crippen LogP contribution in [0, 0.1) is 20.8 Å². The Morgan fingerprint density at radius 3 is 2.22 bits per heavy atom. The van der Waals surface area contributed by atoms with Crippen LogP contribution in [0.25, 0.3) is 11.3 Å². The zero-order valence-electron chi connectivity index (χ0n) is 13.4. The van der Waals surface area contributed by atoms with E-state index in [1.165, 1.54) is 16.7 Å². The second-order valence-corrected chi connectivity index (χ2v) is 6.11. The van der Waals surface area contributed by atoms with E-state index >= 15 is 0 Å². The van der Waals surface area contributed by atoms with Gasteiger partial charge >= 0.3 is 0 Å². The number of rotatable bonds is 3. The maximum absolute atomic E-state index is 5.91. The first kappa shape index (κ1) is 15.5. The van der Waals surface area contributed by atoms with Crippen molar-refractivity contribution in [3.63, 3.8) is 0 Å². The summed E-state index contributed by atoms with van der Waals surface area (Å²) in [5.41, 5.74) is 6.70. The molecule has 0 unspecified atom stereocenters. The van der Waals surface area contributed by atoms with Gasteiger partial charge in [-0.15, -0.1) is 0 Å². The summed E-state index contributed by atoms with van der Waals surface area (Å²) in [7, 11) is 0. The molecule has 0 fully saturated rings. The largest absolute Gasteiger partial charge is 0.324 e. The van der Waals surface area contributed by atoms with E-state index in [4.69, 9.17) is 11.6 Å². The number of halogens is 1. The van der Waals surface area contributed by atoms with E-state index in [2.05, 4.69) is 48.2 Å². The molecule has 1 heterocycles. The van der Waals surface area contributed by atoms with E-state index in [0.717, 1.165) is 16.9 Å². The molecule has 116 valence electrons. The van der Waals surface area contributed by atoms with Crippen molar-refractivity contribution in [3.05, 3.63) is 70.4 Å². The number of nitrogens with zero attached hydrogens (tertiary/aromatic N) is 2. The lowest BCUT2D eigenvalue weighted by Crippen LogP contribution is -1.99. The molecule has 1 N–H and O–H groups in total. The molecule has 1 aromatic heterocycles. The van der Waals surface area contributed by atoms with Gasteiger partial charge in [-0.3, -0.25) is 0 Å². The molecule has 0 atom stereocenters. The molecule has 4 heteroatoms. The first-order chi connectivity index (χ1) is 11.0. The fourth-order valence-electron chi connectivity index (χ4n) is 2.80. The summed E-state index contributed by atoms with van der Waals surface area (Å²) in [6, 6.07) is 13.8. The summed E-state index contributed by atoms with van der Waals surface area (Å²) < 4.78 is 0. The number of hydrogen-bond acceptors (Lipinski definition) is 3. The van der Waals surface area contributed by atoms with E-state index in [9.17, 15) is 0 Å². The Balaban J connectivity index is 1.96. The van der Waals surface area contributed by atoms with Gasteiger partial charge < -0.3 is 5.32 Å². The van der Waals surface area contributed by atoms with Crippen LogP contribution in [0.2, 0.25) is 5.02 Å². The van der Waals surface area contributed by atoms with Crippen molar-refractivity contribution in [2.75, 3.05) is 5.32 Å². The van der Waals surface area contributed by atoms with Crippen LogP contribution in [0.5, 0.6) is 0 Å². The van der Waals surface area contributed by atoms with Gasteiger partial charge in [0.15, 0.2) is 0 Å². The summed E-state index contributed by atoms with van der Waals surface area (Å²) in [5, 5.41) is 3.92. The predicted molar refractivity (Wildman–Crippen MR) is 96.4 cm³/mol. The smallest absolute Gasteiger partial charge is 0.227 e. The Kier molecular flexibility index (Phi) is 4.30. The molecule has 3 aromatic rings. The Labute approximate surface area is 141 Å². The Morgan fingerprint density at radius 1 is 0.913 bits per heavy atom. The Hall–Kier alpha value is -2.39. The van der Waals surface area contributed by atoms with Gasteiger partial charge in [0.2, 0.25) is 5.95 Å². The quantitative estimate of drug-likeness (QED) is 0.695. The number of benzene rings is 2. The summed E-state index contributed by atoms with van der Waals surface area (Å²) in [5.74, 6) is 0.573. The topological polar surface area (TPSA) is 37.8 Å². The lowest BCUT2D eigenvalue weighted by Gasteiger charge is -2.12. The molecule has 0 saturated carbocycles. The Bertz CT molecular complexity index is 818. The first-order valence-corrected chi connectivity index (χ1v) is 7.84. The zero-order chi connectivity index (χ0) is 16.4. The molecular weight excluding hydrogens is 306 g/mol. The minimum absolute atomic E-state index is 0.573. The third-order valence-corrected chi connectivity index (χ3v) is 3.94. The lowest BCUT2D eigenvalue weighted by atomic mass is 9.97. The molecule has 0 amide bonds. The molecule has 0 aliphatic rings. The fourth-order valence-corrected chi connectivity index (χ4v) is 2.93. The fraction of sp³-hybridized carbons (Fsp3) is 0.158. The minimum Gasteiger partial charge on any atom is -0.324 e. The molecule has 3 rings (SSSR count). The van der Waals surface area contributed by atoms with Crippen LogP contribution in [0.4, 0.5) is 11.6 Å². The molecule has 2 aromatic carbocycles. The van der Waals surface area contributed by atoms with Crippen LogP contribution in [0.1, 0.15) is 16.7 Å². The van der Waals surface area contributed by atoms with Crippen molar-refractivity contribution in [3.8, 4) is 11.3 Å². The maximum atomic E-state index is 5.91. The van der Waals surface area contributed by atoms with E-state index in [1.807, 2.05) is 30.3 Å². The highest BCUT2D eigenvalue weighted by Crippen LogP contribution is 2.27. The molecule has 0 bridgehead atoms. The normalized spacial score (nSPS) is 10.6. The molecular formula is C19H18ClN3. The van der Waals surface area contributed by atoms with Crippen molar-refractivity contribution in [1.82, 2.24) is 9.97 Å². The number of anilines is 2. The number of nitrogens with one attached hydrogen (secondary N) is 1. The van der Waals surface area contributed by atoms with Crippen molar-refractivity contribution >= 4 is 23.2 Å². The lowest BCUT2D eigenvalue weighted by molar-refractivity contribution is 1.16. The van der Waals surface area contributed by atoms with Gasteiger partial charge in [0.25, 0.3) is 0 Å². The van der Waals surface area contributed by atoms with E-state index in [1.54, 1.807) is 6.20 Å². The molecule has 23 heavy (non-hydrogen) atoms. The second-order valence-electron chi connectivity index (χ2n) is 5.67. The number of aryl methyl sites for hydroxylation is 3. The van der Waals surface area contributed by atoms with Gasteiger partial charge in [0.05, 0.1) is 5.69 Å². The van der Waals surface area contributed by atoms with Crippen molar-refractivity contribution in [1.29, 1.82) is 0 Å². The average molecular weight is 324 g/mol. The summed E-state index contributed by atoms with van der Waals surface area (Å²) in [6.07, 6.45) is 1.78. The number of aromatic nitrogens is 2. The molecule has 3 nitrogen and oxygen atoms in total. The molecule has 0 saturated heterocycles. The molecule has 0 aliphatic carbocycles. The van der Waals surface area contributed by atoms with Gasteiger partial charge in [-0.25, -0.2) is 9.97 Å². The van der Waals surface area contributed by atoms with Crippen LogP contribution in [-0.2, 0) is 0 Å². The van der Waals surface area contributed by atoms with Crippen LogP contribution < -0.4 is 5.32 Å². The highest BCUT2D eigenvalue weighted by atomic mass is 35.5. The van der Waals surface area contributed by atoms with Gasteiger partial charge in [-0.1, -0.05) is 29.3 Å². The van der Waals surface area contributed by atoms with Crippen LogP contribution in [0.15, 0.2) is 48.7 Å². The zero-order valence-corrected chi connectivity index (χ0v) is 14.1. The first-order valence-electron chi connectivity index (χ1n) is 7.47. The molecule has 0 radical (unpaired) electrons. The standard InChI is InChI=1S/C19H18ClN3/c1-12-10-13(2)18(14(3)11-12)17-8-9-21-19(23-17)22-16-6-4-15(20)5-7-16/h4-11H,1-3H3,(H,21,22,23). The summed E-state index contributed by atoms with van der Waals surface area (Å²) >= 11 is 5.91. The molecule has 0 aliphatic heterocycles. The SMILES string of the molecule is Cc1cc(C)c(-c2ccnc(Nc3ccc(Cl)cc3)n2)c(C)c1. The van der Waals surface area contributed by atoms with E-state index in [-0.39, 0.29) is 0 Å². The van der Waals surface area contributed by atoms with Gasteiger partial charge in [-0.2, -0.15) is 0 Å². The highest BCUT2D eigenvalue weighted by Gasteiger charge is 2.09. The Morgan fingerprint density at radius 2 is 1.57 bits per heavy atom. The number of hydrogen-bond donors (Lipinski definition) is 1.